The first-order valence-electron chi connectivity index (χ1n) is 6.91. The lowest BCUT2D eigenvalue weighted by Gasteiger charge is -2.19. The second kappa shape index (κ2) is 7.51. The molecule has 0 aliphatic rings. The summed E-state index contributed by atoms with van der Waals surface area (Å²) in [5.74, 6) is 1.72. The SMILES string of the molecule is COc1cc(Br)c(CN(C)Cc2ccccc2O)cc1OC. The summed E-state index contributed by atoms with van der Waals surface area (Å²) in [6.07, 6.45) is 0. The molecule has 0 bridgehead atoms. The van der Waals surface area contributed by atoms with Crippen molar-refractivity contribution >= 4 is 15.9 Å². The zero-order valence-corrected chi connectivity index (χ0v) is 14.6. The van der Waals surface area contributed by atoms with Crippen molar-refractivity contribution in [1.29, 1.82) is 0 Å². The van der Waals surface area contributed by atoms with Gasteiger partial charge in [-0.3, -0.25) is 4.90 Å². The van der Waals surface area contributed by atoms with Gasteiger partial charge in [-0.1, -0.05) is 34.1 Å². The predicted molar refractivity (Wildman–Crippen MR) is 90.5 cm³/mol. The molecule has 2 aromatic rings. The van der Waals surface area contributed by atoms with Gasteiger partial charge in [-0.2, -0.15) is 0 Å². The second-order valence-electron chi connectivity index (χ2n) is 5.10. The number of hydrogen-bond donors (Lipinski definition) is 1. The van der Waals surface area contributed by atoms with Crippen molar-refractivity contribution in [3.63, 3.8) is 0 Å². The number of rotatable bonds is 6. The molecule has 0 amide bonds. The smallest absolute Gasteiger partial charge is 0.161 e. The normalized spacial score (nSPS) is 10.8. The third kappa shape index (κ3) is 3.93. The van der Waals surface area contributed by atoms with Crippen LogP contribution in [0, 0.1) is 0 Å². The number of hydrogen-bond acceptors (Lipinski definition) is 4. The predicted octanol–water partition coefficient (Wildman–Crippen LogP) is 3.80. The molecule has 0 radical (unpaired) electrons. The van der Waals surface area contributed by atoms with Gasteiger partial charge < -0.3 is 14.6 Å². The van der Waals surface area contributed by atoms with E-state index in [0.717, 1.165) is 22.1 Å². The van der Waals surface area contributed by atoms with Crippen LogP contribution in [0.2, 0.25) is 0 Å². The Morgan fingerprint density at radius 2 is 1.59 bits per heavy atom. The maximum Gasteiger partial charge on any atom is 0.161 e. The van der Waals surface area contributed by atoms with Crippen LogP contribution in [0.3, 0.4) is 0 Å². The zero-order chi connectivity index (χ0) is 16.1. The molecule has 0 atom stereocenters. The van der Waals surface area contributed by atoms with Gasteiger partial charge in [0.05, 0.1) is 14.2 Å². The molecule has 4 nitrogen and oxygen atoms in total. The fourth-order valence-electron chi connectivity index (χ4n) is 2.30. The van der Waals surface area contributed by atoms with Crippen molar-refractivity contribution < 1.29 is 14.6 Å². The number of halogens is 1. The number of methoxy groups -OCH3 is 2. The van der Waals surface area contributed by atoms with Crippen LogP contribution in [0.4, 0.5) is 0 Å². The molecular weight excluding hydrogens is 346 g/mol. The molecule has 2 rings (SSSR count). The van der Waals surface area contributed by atoms with Crippen molar-refractivity contribution in [2.45, 2.75) is 13.1 Å². The molecule has 0 saturated carbocycles. The van der Waals surface area contributed by atoms with Gasteiger partial charge in [0.2, 0.25) is 0 Å². The van der Waals surface area contributed by atoms with E-state index >= 15 is 0 Å². The molecule has 1 N–H and O–H groups in total. The standard InChI is InChI=1S/C17H20BrNO3/c1-19(10-12-6-4-5-7-15(12)20)11-13-8-16(21-2)17(22-3)9-14(13)18/h4-9,20H,10-11H2,1-3H3. The number of nitrogens with zero attached hydrogens (tertiary/aromatic N) is 1. The maximum atomic E-state index is 9.86. The molecule has 0 aliphatic carbocycles. The van der Waals surface area contributed by atoms with Gasteiger partial charge in [-0.15, -0.1) is 0 Å². The lowest BCUT2D eigenvalue weighted by molar-refractivity contribution is 0.310. The van der Waals surface area contributed by atoms with E-state index in [1.54, 1.807) is 20.3 Å². The third-order valence-corrected chi connectivity index (χ3v) is 4.16. The van der Waals surface area contributed by atoms with Gasteiger partial charge in [0, 0.05) is 23.1 Å². The molecular formula is C17H20BrNO3. The van der Waals surface area contributed by atoms with Gasteiger partial charge >= 0.3 is 0 Å². The molecule has 118 valence electrons. The Hall–Kier alpha value is -1.72. The molecule has 0 unspecified atom stereocenters. The van der Waals surface area contributed by atoms with Gasteiger partial charge in [-0.05, 0) is 30.8 Å². The minimum Gasteiger partial charge on any atom is -0.508 e. The van der Waals surface area contributed by atoms with Crippen LogP contribution in [0.25, 0.3) is 0 Å². The Bertz CT molecular complexity index is 646. The van der Waals surface area contributed by atoms with E-state index in [4.69, 9.17) is 9.47 Å². The van der Waals surface area contributed by atoms with E-state index < -0.39 is 0 Å². The first-order chi connectivity index (χ1) is 10.5. The van der Waals surface area contributed by atoms with Crippen molar-refractivity contribution in [1.82, 2.24) is 4.90 Å². The molecule has 22 heavy (non-hydrogen) atoms. The first kappa shape index (κ1) is 16.6. The molecule has 0 aliphatic heterocycles. The van der Waals surface area contributed by atoms with Gasteiger partial charge in [0.15, 0.2) is 11.5 Å². The van der Waals surface area contributed by atoms with Gasteiger partial charge in [0.1, 0.15) is 5.75 Å². The van der Waals surface area contributed by atoms with E-state index in [-0.39, 0.29) is 0 Å². The summed E-state index contributed by atoms with van der Waals surface area (Å²) in [7, 11) is 5.26. The van der Waals surface area contributed by atoms with Crippen LogP contribution in [-0.4, -0.2) is 31.3 Å². The Morgan fingerprint density at radius 1 is 1.00 bits per heavy atom. The Morgan fingerprint density at radius 3 is 2.23 bits per heavy atom. The maximum absolute atomic E-state index is 9.86. The quantitative estimate of drug-likeness (QED) is 0.845. The van der Waals surface area contributed by atoms with Crippen LogP contribution < -0.4 is 9.47 Å². The van der Waals surface area contributed by atoms with Crippen LogP contribution in [0.15, 0.2) is 40.9 Å². The van der Waals surface area contributed by atoms with E-state index in [2.05, 4.69) is 20.8 Å². The van der Waals surface area contributed by atoms with E-state index in [9.17, 15) is 5.11 Å². The summed E-state index contributed by atoms with van der Waals surface area (Å²) < 4.78 is 11.6. The van der Waals surface area contributed by atoms with Crippen molar-refractivity contribution in [2.75, 3.05) is 21.3 Å². The average molecular weight is 366 g/mol. The summed E-state index contributed by atoms with van der Waals surface area (Å²) in [5, 5.41) is 9.86. The highest BCUT2D eigenvalue weighted by atomic mass is 79.9. The van der Waals surface area contributed by atoms with Crippen molar-refractivity contribution in [3.8, 4) is 17.2 Å². The third-order valence-electron chi connectivity index (χ3n) is 3.42. The van der Waals surface area contributed by atoms with Crippen molar-refractivity contribution in [3.05, 3.63) is 52.0 Å². The zero-order valence-electron chi connectivity index (χ0n) is 13.0. The molecule has 5 heteroatoms. The minimum absolute atomic E-state index is 0.320. The minimum atomic E-state index is 0.320. The summed E-state index contributed by atoms with van der Waals surface area (Å²) >= 11 is 3.57. The van der Waals surface area contributed by atoms with Crippen LogP contribution in [0.1, 0.15) is 11.1 Å². The highest BCUT2D eigenvalue weighted by Crippen LogP contribution is 2.34. The fourth-order valence-corrected chi connectivity index (χ4v) is 2.75. The van der Waals surface area contributed by atoms with Crippen molar-refractivity contribution in [2.24, 2.45) is 0 Å². The highest BCUT2D eigenvalue weighted by molar-refractivity contribution is 9.10. The molecule has 0 fully saturated rings. The Kier molecular flexibility index (Phi) is 5.69. The molecule has 0 aromatic heterocycles. The Balaban J connectivity index is 2.14. The number of para-hydroxylation sites is 1. The van der Waals surface area contributed by atoms with Crippen LogP contribution >= 0.6 is 15.9 Å². The number of phenolic OH excluding ortho intramolecular Hbond substituents is 1. The first-order valence-corrected chi connectivity index (χ1v) is 7.70. The van der Waals surface area contributed by atoms with Gasteiger partial charge in [-0.25, -0.2) is 0 Å². The second-order valence-corrected chi connectivity index (χ2v) is 5.95. The summed E-state index contributed by atoms with van der Waals surface area (Å²) in [6.45, 7) is 1.38. The van der Waals surface area contributed by atoms with E-state index in [1.165, 1.54) is 0 Å². The number of phenols is 1. The molecule has 0 heterocycles. The average Bonchev–Trinajstić information content (AvgIpc) is 2.51. The lowest BCUT2D eigenvalue weighted by atomic mass is 10.1. The van der Waals surface area contributed by atoms with E-state index in [0.29, 0.717) is 23.8 Å². The summed E-state index contributed by atoms with van der Waals surface area (Å²) in [4.78, 5) is 2.13. The molecule has 2 aromatic carbocycles. The fraction of sp³-hybridized carbons (Fsp3) is 0.294. The number of benzene rings is 2. The number of aromatic hydroxyl groups is 1. The van der Waals surface area contributed by atoms with Crippen LogP contribution in [0.5, 0.6) is 17.2 Å². The van der Waals surface area contributed by atoms with E-state index in [1.807, 2.05) is 37.4 Å². The summed E-state index contributed by atoms with van der Waals surface area (Å²) in [6, 6.07) is 11.2. The monoisotopic (exact) mass is 365 g/mol. The lowest BCUT2D eigenvalue weighted by Crippen LogP contribution is -2.17. The van der Waals surface area contributed by atoms with Gasteiger partial charge in [0.25, 0.3) is 0 Å². The Labute approximate surface area is 139 Å². The largest absolute Gasteiger partial charge is 0.508 e. The van der Waals surface area contributed by atoms with Crippen LogP contribution in [-0.2, 0) is 13.1 Å². The summed E-state index contributed by atoms with van der Waals surface area (Å²) in [5.41, 5.74) is 2.00. The molecule has 0 saturated heterocycles. The molecule has 0 spiro atoms. The highest BCUT2D eigenvalue weighted by Gasteiger charge is 2.12. The topological polar surface area (TPSA) is 41.9 Å². The number of ether oxygens (including phenoxy) is 2.